The first-order chi connectivity index (χ1) is 13.3. The number of thiazole rings is 1. The van der Waals surface area contributed by atoms with Gasteiger partial charge in [0.25, 0.3) is 0 Å². The predicted molar refractivity (Wildman–Crippen MR) is 108 cm³/mol. The van der Waals surface area contributed by atoms with Crippen LogP contribution in [0.2, 0.25) is 5.02 Å². The summed E-state index contributed by atoms with van der Waals surface area (Å²) in [6, 6.07) is 5.89. The van der Waals surface area contributed by atoms with E-state index in [0.717, 1.165) is 21.0 Å². The molecule has 0 aliphatic carbocycles. The molecule has 0 atom stereocenters. The normalized spacial score (nSPS) is 10.8. The molecule has 0 unspecified atom stereocenters. The van der Waals surface area contributed by atoms with Gasteiger partial charge in [0.2, 0.25) is 11.7 Å². The first-order valence-corrected chi connectivity index (χ1v) is 9.69. The zero-order valence-corrected chi connectivity index (χ0v) is 16.9. The number of benzene rings is 1. The fourth-order valence-electron chi connectivity index (χ4n) is 2.69. The minimum atomic E-state index is -0.554. The summed E-state index contributed by atoms with van der Waals surface area (Å²) in [5.74, 6) is 0.0496. The number of hydrogen-bond donors (Lipinski definition) is 1. The van der Waals surface area contributed by atoms with Gasteiger partial charge in [-0.2, -0.15) is 0 Å². The van der Waals surface area contributed by atoms with Gasteiger partial charge < -0.3 is 20.0 Å². The molecule has 28 heavy (non-hydrogen) atoms. The van der Waals surface area contributed by atoms with Crippen LogP contribution in [0.4, 0.5) is 10.9 Å². The van der Waals surface area contributed by atoms with E-state index in [-0.39, 0.29) is 18.1 Å². The number of rotatable bonds is 7. The first kappa shape index (κ1) is 20.0. The number of anilines is 1. The minimum Gasteiger partial charge on any atom is -0.358 e. The summed E-state index contributed by atoms with van der Waals surface area (Å²) < 4.78 is 1.59. The number of hydrogen-bond acceptors (Lipinski definition) is 6. The highest BCUT2D eigenvalue weighted by Crippen LogP contribution is 2.26. The fraction of sp³-hybridized carbons (Fsp3) is 0.278. The zero-order valence-electron chi connectivity index (χ0n) is 15.3. The molecule has 0 aliphatic rings. The van der Waals surface area contributed by atoms with Crippen LogP contribution in [-0.2, 0) is 17.8 Å². The van der Waals surface area contributed by atoms with Gasteiger partial charge in [-0.1, -0.05) is 29.8 Å². The Bertz CT molecular complexity index is 1030. The van der Waals surface area contributed by atoms with E-state index in [1.807, 2.05) is 25.1 Å². The lowest BCUT2D eigenvalue weighted by Gasteiger charge is -2.05. The molecular formula is C18H18ClN5O3S. The number of nitro groups is 1. The van der Waals surface area contributed by atoms with Crippen LogP contribution in [0.15, 0.2) is 30.6 Å². The van der Waals surface area contributed by atoms with Crippen LogP contribution in [-0.4, -0.2) is 25.4 Å². The molecule has 0 saturated heterocycles. The lowest BCUT2D eigenvalue weighted by atomic mass is 10.1. The molecule has 0 saturated carbocycles. The summed E-state index contributed by atoms with van der Waals surface area (Å²) in [6.07, 6.45) is 3.86. The third-order valence-corrected chi connectivity index (χ3v) is 5.62. The van der Waals surface area contributed by atoms with Crippen LogP contribution in [0.3, 0.4) is 0 Å². The Kier molecular flexibility index (Phi) is 6.05. The molecule has 0 spiro atoms. The number of aromatic nitrogens is 3. The first-order valence-electron chi connectivity index (χ1n) is 8.50. The molecule has 1 amide bonds. The van der Waals surface area contributed by atoms with Gasteiger partial charge in [0.1, 0.15) is 6.20 Å². The summed E-state index contributed by atoms with van der Waals surface area (Å²) in [6.45, 7) is 3.92. The Hall–Kier alpha value is -2.78. The van der Waals surface area contributed by atoms with Gasteiger partial charge in [-0.15, -0.1) is 11.3 Å². The van der Waals surface area contributed by atoms with Crippen LogP contribution in [0.25, 0.3) is 0 Å². The second kappa shape index (κ2) is 8.49. The topological polar surface area (TPSA) is 103 Å². The quantitative estimate of drug-likeness (QED) is 0.458. The van der Waals surface area contributed by atoms with Crippen molar-refractivity contribution in [2.24, 2.45) is 0 Å². The number of imidazole rings is 1. The summed E-state index contributed by atoms with van der Waals surface area (Å²) in [4.78, 5) is 31.4. The highest BCUT2D eigenvalue weighted by atomic mass is 35.5. The summed E-state index contributed by atoms with van der Waals surface area (Å²) in [5.41, 5.74) is 2.03. The van der Waals surface area contributed by atoms with Crippen molar-refractivity contribution >= 4 is 39.8 Å². The number of carbonyl (C=O) groups is 1. The molecule has 2 aromatic heterocycles. The van der Waals surface area contributed by atoms with E-state index in [1.165, 1.54) is 17.5 Å². The average Bonchev–Trinajstić information content (AvgIpc) is 3.23. The van der Waals surface area contributed by atoms with E-state index in [1.54, 1.807) is 17.7 Å². The second-order valence-corrected chi connectivity index (χ2v) is 7.74. The maximum absolute atomic E-state index is 12.2. The molecular weight excluding hydrogens is 402 g/mol. The molecule has 1 aromatic carbocycles. The molecule has 0 bridgehead atoms. The molecule has 10 heteroatoms. The standard InChI is InChI=1S/C18H18ClN5O3S/c1-11-4-3-5-13(17(11)19)8-14-9-20-18(28-14)22-16(25)6-7-23-10-15(24(26)27)21-12(23)2/h3-5,9-10H,6-8H2,1-2H3,(H,20,22,25). The lowest BCUT2D eigenvalue weighted by molar-refractivity contribution is -0.389. The summed E-state index contributed by atoms with van der Waals surface area (Å²) in [7, 11) is 0. The Labute approximate surface area is 170 Å². The van der Waals surface area contributed by atoms with Gasteiger partial charge >= 0.3 is 5.82 Å². The van der Waals surface area contributed by atoms with Crippen LogP contribution >= 0.6 is 22.9 Å². The lowest BCUT2D eigenvalue weighted by Crippen LogP contribution is -2.14. The largest absolute Gasteiger partial charge is 0.381 e. The van der Waals surface area contributed by atoms with Gasteiger partial charge in [-0.3, -0.25) is 4.79 Å². The Morgan fingerprint density at radius 1 is 1.39 bits per heavy atom. The second-order valence-electron chi connectivity index (χ2n) is 6.25. The molecule has 1 N–H and O–H groups in total. The van der Waals surface area contributed by atoms with E-state index >= 15 is 0 Å². The van der Waals surface area contributed by atoms with Crippen molar-refractivity contribution in [2.45, 2.75) is 33.2 Å². The van der Waals surface area contributed by atoms with Gasteiger partial charge in [-0.25, -0.2) is 4.98 Å². The maximum Gasteiger partial charge on any atom is 0.381 e. The molecule has 3 aromatic rings. The van der Waals surface area contributed by atoms with Crippen molar-refractivity contribution in [3.8, 4) is 0 Å². The van der Waals surface area contributed by atoms with Crippen molar-refractivity contribution < 1.29 is 9.72 Å². The number of aryl methyl sites for hydroxylation is 3. The van der Waals surface area contributed by atoms with Crippen LogP contribution in [0.5, 0.6) is 0 Å². The van der Waals surface area contributed by atoms with Gasteiger partial charge in [-0.05, 0) is 28.0 Å². The van der Waals surface area contributed by atoms with Crippen molar-refractivity contribution in [3.05, 3.63) is 67.6 Å². The van der Waals surface area contributed by atoms with E-state index in [4.69, 9.17) is 11.6 Å². The van der Waals surface area contributed by atoms with Gasteiger partial charge in [0, 0.05) is 42.4 Å². The minimum absolute atomic E-state index is 0.160. The number of carbonyl (C=O) groups excluding carboxylic acids is 1. The number of nitrogens with one attached hydrogen (secondary N) is 1. The van der Waals surface area contributed by atoms with Crippen LogP contribution in [0, 0.1) is 24.0 Å². The highest BCUT2D eigenvalue weighted by Gasteiger charge is 2.16. The number of amides is 1. The van der Waals surface area contributed by atoms with Crippen molar-refractivity contribution in [3.63, 3.8) is 0 Å². The van der Waals surface area contributed by atoms with Crippen molar-refractivity contribution in [1.29, 1.82) is 0 Å². The molecule has 0 radical (unpaired) electrons. The van der Waals surface area contributed by atoms with Crippen LogP contribution < -0.4 is 5.32 Å². The third kappa shape index (κ3) is 4.73. The van der Waals surface area contributed by atoms with Crippen molar-refractivity contribution in [1.82, 2.24) is 14.5 Å². The fourth-order valence-corrected chi connectivity index (χ4v) is 3.73. The molecule has 146 valence electrons. The Balaban J connectivity index is 1.57. The van der Waals surface area contributed by atoms with E-state index < -0.39 is 4.92 Å². The molecule has 0 fully saturated rings. The van der Waals surface area contributed by atoms with Gasteiger partial charge in [0.15, 0.2) is 5.13 Å². The number of nitrogens with zero attached hydrogens (tertiary/aromatic N) is 4. The maximum atomic E-state index is 12.2. The predicted octanol–water partition coefficient (Wildman–Crippen LogP) is 4.14. The van der Waals surface area contributed by atoms with E-state index in [0.29, 0.717) is 23.9 Å². The summed E-state index contributed by atoms with van der Waals surface area (Å²) in [5, 5.41) is 14.8. The Morgan fingerprint density at radius 2 is 2.18 bits per heavy atom. The molecule has 2 heterocycles. The zero-order chi connectivity index (χ0) is 20.3. The summed E-state index contributed by atoms with van der Waals surface area (Å²) >= 11 is 7.73. The molecule has 3 rings (SSSR count). The highest BCUT2D eigenvalue weighted by molar-refractivity contribution is 7.15. The molecule has 0 aliphatic heterocycles. The Morgan fingerprint density at radius 3 is 2.89 bits per heavy atom. The third-order valence-electron chi connectivity index (χ3n) is 4.17. The SMILES string of the molecule is Cc1cccc(Cc2cnc(NC(=O)CCn3cc([N+](=O)[O-])nc3C)s2)c1Cl. The smallest absolute Gasteiger partial charge is 0.358 e. The van der Waals surface area contributed by atoms with Crippen LogP contribution in [0.1, 0.15) is 28.2 Å². The molecule has 8 nitrogen and oxygen atoms in total. The average molecular weight is 420 g/mol. The van der Waals surface area contributed by atoms with E-state index in [2.05, 4.69) is 15.3 Å². The monoisotopic (exact) mass is 419 g/mol. The number of halogens is 1. The van der Waals surface area contributed by atoms with E-state index in [9.17, 15) is 14.9 Å². The van der Waals surface area contributed by atoms with Crippen molar-refractivity contribution in [2.75, 3.05) is 5.32 Å². The van der Waals surface area contributed by atoms with Gasteiger partial charge in [0.05, 0.1) is 0 Å².